The molecule has 3 rings (SSSR count). The van der Waals surface area contributed by atoms with E-state index >= 15 is 0 Å². The van der Waals surface area contributed by atoms with Crippen molar-refractivity contribution in [3.8, 4) is 0 Å². The smallest absolute Gasteiger partial charge is 0.165 e. The van der Waals surface area contributed by atoms with Crippen LogP contribution in [0.4, 0.5) is 4.39 Å². The zero-order valence-electron chi connectivity index (χ0n) is 13.7. The topological polar surface area (TPSA) is 46.8 Å². The SMILES string of the molecule is CCCn1nnnc1CN1CCC(Cc2cccc(F)c2)CC1. The number of hydrogen-bond donors (Lipinski definition) is 0. The van der Waals surface area contributed by atoms with Crippen molar-refractivity contribution in [1.29, 1.82) is 0 Å². The third-order valence-corrected chi connectivity index (χ3v) is 4.53. The molecule has 0 atom stereocenters. The standard InChI is InChI=1S/C17H24FN5/c1-2-8-23-17(19-20-21-23)13-22-9-6-14(7-10-22)11-15-4-3-5-16(18)12-15/h3-5,12,14H,2,6-11,13H2,1H3. The Labute approximate surface area is 136 Å². The van der Waals surface area contributed by atoms with E-state index in [0.29, 0.717) is 5.92 Å². The van der Waals surface area contributed by atoms with Crippen molar-refractivity contribution in [1.82, 2.24) is 25.1 Å². The molecule has 0 unspecified atom stereocenters. The van der Waals surface area contributed by atoms with Gasteiger partial charge in [0.1, 0.15) is 5.82 Å². The highest BCUT2D eigenvalue weighted by atomic mass is 19.1. The van der Waals surface area contributed by atoms with E-state index in [0.717, 1.165) is 63.3 Å². The molecule has 0 saturated carbocycles. The summed E-state index contributed by atoms with van der Waals surface area (Å²) in [5.74, 6) is 1.46. The van der Waals surface area contributed by atoms with Crippen LogP contribution in [0.15, 0.2) is 24.3 Å². The third kappa shape index (κ3) is 4.34. The zero-order chi connectivity index (χ0) is 16.1. The molecule has 6 heteroatoms. The highest BCUT2D eigenvalue weighted by Gasteiger charge is 2.21. The van der Waals surface area contributed by atoms with Crippen molar-refractivity contribution in [2.24, 2.45) is 5.92 Å². The average molecular weight is 317 g/mol. The zero-order valence-corrected chi connectivity index (χ0v) is 13.7. The van der Waals surface area contributed by atoms with Gasteiger partial charge in [-0.05, 0) is 72.8 Å². The van der Waals surface area contributed by atoms with Gasteiger partial charge in [-0.2, -0.15) is 0 Å². The maximum atomic E-state index is 13.3. The van der Waals surface area contributed by atoms with Gasteiger partial charge in [0.2, 0.25) is 0 Å². The van der Waals surface area contributed by atoms with Gasteiger partial charge < -0.3 is 0 Å². The van der Waals surface area contributed by atoms with Gasteiger partial charge in [-0.1, -0.05) is 19.1 Å². The quantitative estimate of drug-likeness (QED) is 0.822. The van der Waals surface area contributed by atoms with Gasteiger partial charge in [0.25, 0.3) is 0 Å². The van der Waals surface area contributed by atoms with Crippen LogP contribution in [0, 0.1) is 11.7 Å². The van der Waals surface area contributed by atoms with Crippen molar-refractivity contribution < 1.29 is 4.39 Å². The van der Waals surface area contributed by atoms with Gasteiger partial charge in [0.15, 0.2) is 5.82 Å². The molecule has 0 spiro atoms. The molecule has 0 N–H and O–H groups in total. The van der Waals surface area contributed by atoms with Gasteiger partial charge in [-0.25, -0.2) is 9.07 Å². The molecule has 0 bridgehead atoms. The highest BCUT2D eigenvalue weighted by molar-refractivity contribution is 5.17. The van der Waals surface area contributed by atoms with E-state index in [4.69, 9.17) is 0 Å². The summed E-state index contributed by atoms with van der Waals surface area (Å²) in [5.41, 5.74) is 1.11. The van der Waals surface area contributed by atoms with Crippen LogP contribution in [0.5, 0.6) is 0 Å². The van der Waals surface area contributed by atoms with E-state index in [9.17, 15) is 4.39 Å². The average Bonchev–Trinajstić information content (AvgIpc) is 2.97. The largest absolute Gasteiger partial charge is 0.296 e. The van der Waals surface area contributed by atoms with Crippen molar-refractivity contribution in [2.75, 3.05) is 13.1 Å². The molecule has 0 aliphatic carbocycles. The van der Waals surface area contributed by atoms with E-state index < -0.39 is 0 Å². The van der Waals surface area contributed by atoms with E-state index in [2.05, 4.69) is 27.3 Å². The predicted molar refractivity (Wildman–Crippen MR) is 86.2 cm³/mol. The van der Waals surface area contributed by atoms with Crippen LogP contribution in [0.1, 0.15) is 37.6 Å². The second kappa shape index (κ2) is 7.64. The minimum absolute atomic E-state index is 0.136. The second-order valence-corrected chi connectivity index (χ2v) is 6.37. The van der Waals surface area contributed by atoms with Crippen LogP contribution >= 0.6 is 0 Å². The first-order valence-electron chi connectivity index (χ1n) is 8.46. The number of benzene rings is 1. The van der Waals surface area contributed by atoms with Gasteiger partial charge >= 0.3 is 0 Å². The summed E-state index contributed by atoms with van der Waals surface area (Å²) in [6.07, 6.45) is 4.30. The lowest BCUT2D eigenvalue weighted by Crippen LogP contribution is -2.34. The number of aryl methyl sites for hydroxylation is 1. The Balaban J connectivity index is 1.49. The summed E-state index contributed by atoms with van der Waals surface area (Å²) in [6.45, 7) is 5.93. The Morgan fingerprint density at radius 2 is 2.09 bits per heavy atom. The fraction of sp³-hybridized carbons (Fsp3) is 0.588. The normalized spacial score (nSPS) is 16.8. The van der Waals surface area contributed by atoms with E-state index in [-0.39, 0.29) is 5.82 Å². The van der Waals surface area contributed by atoms with Crippen molar-refractivity contribution in [2.45, 2.75) is 45.7 Å². The Bertz CT molecular complexity index is 619. The molecule has 124 valence electrons. The Morgan fingerprint density at radius 3 is 2.83 bits per heavy atom. The molecular weight excluding hydrogens is 293 g/mol. The molecule has 1 fully saturated rings. The minimum atomic E-state index is -0.136. The third-order valence-electron chi connectivity index (χ3n) is 4.53. The minimum Gasteiger partial charge on any atom is -0.296 e. The maximum Gasteiger partial charge on any atom is 0.165 e. The van der Waals surface area contributed by atoms with Crippen LogP contribution in [0.25, 0.3) is 0 Å². The Morgan fingerprint density at radius 1 is 1.26 bits per heavy atom. The monoisotopic (exact) mass is 317 g/mol. The number of nitrogens with zero attached hydrogens (tertiary/aromatic N) is 5. The van der Waals surface area contributed by atoms with Crippen LogP contribution in [0.2, 0.25) is 0 Å². The first-order valence-corrected chi connectivity index (χ1v) is 8.46. The fourth-order valence-corrected chi connectivity index (χ4v) is 3.27. The van der Waals surface area contributed by atoms with Crippen molar-refractivity contribution >= 4 is 0 Å². The van der Waals surface area contributed by atoms with Crippen LogP contribution < -0.4 is 0 Å². The lowest BCUT2D eigenvalue weighted by molar-refractivity contribution is 0.171. The van der Waals surface area contributed by atoms with E-state index in [1.54, 1.807) is 12.1 Å². The molecule has 1 saturated heterocycles. The number of piperidine rings is 1. The summed E-state index contributed by atoms with van der Waals surface area (Å²) in [6, 6.07) is 6.99. The van der Waals surface area contributed by atoms with Crippen molar-refractivity contribution in [3.05, 3.63) is 41.5 Å². The summed E-state index contributed by atoms with van der Waals surface area (Å²) >= 11 is 0. The molecule has 2 heterocycles. The Kier molecular flexibility index (Phi) is 5.33. The summed E-state index contributed by atoms with van der Waals surface area (Å²) in [7, 11) is 0. The molecule has 23 heavy (non-hydrogen) atoms. The second-order valence-electron chi connectivity index (χ2n) is 6.37. The molecule has 0 amide bonds. The molecule has 1 aromatic carbocycles. The van der Waals surface area contributed by atoms with Crippen molar-refractivity contribution in [3.63, 3.8) is 0 Å². The molecular formula is C17H24FN5. The van der Waals surface area contributed by atoms with E-state index in [1.807, 2.05) is 10.7 Å². The molecule has 1 aromatic heterocycles. The molecule has 1 aliphatic rings. The highest BCUT2D eigenvalue weighted by Crippen LogP contribution is 2.22. The molecule has 5 nitrogen and oxygen atoms in total. The van der Waals surface area contributed by atoms with Gasteiger partial charge in [-0.15, -0.1) is 5.10 Å². The summed E-state index contributed by atoms with van der Waals surface area (Å²) < 4.78 is 15.2. The number of tetrazole rings is 1. The predicted octanol–water partition coefficient (Wildman–Crippen LogP) is 2.68. The molecule has 2 aromatic rings. The lowest BCUT2D eigenvalue weighted by atomic mass is 9.90. The fourth-order valence-electron chi connectivity index (χ4n) is 3.27. The van der Waals surface area contributed by atoms with Crippen LogP contribution in [-0.4, -0.2) is 38.2 Å². The van der Waals surface area contributed by atoms with Crippen LogP contribution in [0.3, 0.4) is 0 Å². The number of aromatic nitrogens is 4. The number of rotatable bonds is 6. The summed E-state index contributed by atoms with van der Waals surface area (Å²) in [4.78, 5) is 2.42. The lowest BCUT2D eigenvalue weighted by Gasteiger charge is -2.31. The molecule has 0 radical (unpaired) electrons. The Hall–Kier alpha value is -1.82. The summed E-state index contributed by atoms with van der Waals surface area (Å²) in [5, 5.41) is 12.0. The number of likely N-dealkylation sites (tertiary alicyclic amines) is 1. The first kappa shape index (κ1) is 16.1. The van der Waals surface area contributed by atoms with E-state index in [1.165, 1.54) is 6.07 Å². The van der Waals surface area contributed by atoms with Gasteiger partial charge in [0.05, 0.1) is 6.54 Å². The maximum absolute atomic E-state index is 13.3. The van der Waals surface area contributed by atoms with Gasteiger partial charge in [-0.3, -0.25) is 4.90 Å². The number of hydrogen-bond acceptors (Lipinski definition) is 4. The number of halogens is 1. The first-order chi connectivity index (χ1) is 11.2. The molecule has 1 aliphatic heterocycles. The van der Waals surface area contributed by atoms with Gasteiger partial charge in [0, 0.05) is 6.54 Å². The van der Waals surface area contributed by atoms with Crippen LogP contribution in [-0.2, 0) is 19.5 Å².